The van der Waals surface area contributed by atoms with E-state index in [4.69, 9.17) is 5.11 Å². The normalized spacial score (nSPS) is 11.4. The summed E-state index contributed by atoms with van der Waals surface area (Å²) in [5.41, 5.74) is 0. The van der Waals surface area contributed by atoms with Gasteiger partial charge in [-0.05, 0) is 0 Å². The molecule has 0 aliphatic heterocycles. The van der Waals surface area contributed by atoms with Gasteiger partial charge < -0.3 is 5.11 Å². The number of thiol groups is 1. The Morgan fingerprint density at radius 2 is 2.29 bits per heavy atom. The third-order valence-corrected chi connectivity index (χ3v) is 2.12. The Kier molecular flexibility index (Phi) is 4.83. The van der Waals surface area contributed by atoms with E-state index in [0.29, 0.717) is 11.9 Å². The van der Waals surface area contributed by atoms with Crippen LogP contribution in [0.1, 0.15) is 0 Å². The van der Waals surface area contributed by atoms with Crippen molar-refractivity contribution in [1.29, 1.82) is 0 Å². The van der Waals surface area contributed by atoms with E-state index in [1.165, 1.54) is 0 Å². The van der Waals surface area contributed by atoms with E-state index in [9.17, 15) is 4.57 Å². The number of hydrogen-bond acceptors (Lipinski definition) is 3. The van der Waals surface area contributed by atoms with Crippen molar-refractivity contribution < 1.29 is 9.67 Å². The Morgan fingerprint density at radius 3 is 2.43 bits per heavy atom. The smallest absolute Gasteiger partial charge is 0.353 e. The first-order valence-electron chi connectivity index (χ1n) is 1.95. The minimum atomic E-state index is -1.35. The zero-order chi connectivity index (χ0) is 5.70. The highest BCUT2D eigenvalue weighted by Gasteiger charge is 2.08. The van der Waals surface area contributed by atoms with Crippen LogP contribution in [0.4, 0.5) is 0 Å². The molecule has 0 spiro atoms. The van der Waals surface area contributed by atoms with Crippen molar-refractivity contribution in [2.75, 3.05) is 18.3 Å². The molecule has 0 aliphatic carbocycles. The van der Waals surface area contributed by atoms with Gasteiger partial charge in [-0.25, -0.2) is 0 Å². The van der Waals surface area contributed by atoms with Gasteiger partial charge in [0, 0.05) is 5.75 Å². The van der Waals surface area contributed by atoms with Crippen LogP contribution in [0.5, 0.6) is 0 Å². The number of rotatable bonds is 3. The van der Waals surface area contributed by atoms with Gasteiger partial charge in [0.1, 0.15) is 0 Å². The van der Waals surface area contributed by atoms with Crippen LogP contribution >= 0.6 is 20.4 Å². The van der Waals surface area contributed by atoms with E-state index in [1.807, 2.05) is 0 Å². The van der Waals surface area contributed by atoms with Crippen molar-refractivity contribution in [2.45, 2.75) is 0 Å². The fourth-order valence-corrected chi connectivity index (χ4v) is 1.22. The van der Waals surface area contributed by atoms with Gasteiger partial charge in [0.2, 0.25) is 6.35 Å². The van der Waals surface area contributed by atoms with E-state index < -0.39 is 7.80 Å². The number of hydrogen-bond donors (Lipinski definition) is 2. The highest BCUT2D eigenvalue weighted by Crippen LogP contribution is 2.16. The third kappa shape index (κ3) is 4.26. The highest BCUT2D eigenvalue weighted by atomic mass is 32.1. The van der Waals surface area contributed by atoms with Gasteiger partial charge in [0.15, 0.2) is 6.16 Å². The van der Waals surface area contributed by atoms with Gasteiger partial charge in [-0.3, -0.25) is 0 Å². The molecule has 2 nitrogen and oxygen atoms in total. The first kappa shape index (κ1) is 7.41. The van der Waals surface area contributed by atoms with Crippen LogP contribution in [-0.2, 0) is 4.57 Å². The van der Waals surface area contributed by atoms with E-state index in [1.54, 1.807) is 0 Å². The molecule has 42 valence electrons. The van der Waals surface area contributed by atoms with Gasteiger partial charge in [-0.1, -0.05) is 4.57 Å². The average molecular weight is 139 g/mol. The zero-order valence-electron chi connectivity index (χ0n) is 3.87. The van der Waals surface area contributed by atoms with Gasteiger partial charge in [-0.15, -0.1) is 0 Å². The molecule has 0 rings (SSSR count). The molecule has 7 heavy (non-hydrogen) atoms. The summed E-state index contributed by atoms with van der Waals surface area (Å²) >= 11 is 3.82. The van der Waals surface area contributed by atoms with Crippen molar-refractivity contribution in [3.8, 4) is 0 Å². The van der Waals surface area contributed by atoms with Crippen LogP contribution in [0.15, 0.2) is 0 Å². The molecule has 1 atom stereocenters. The molecule has 0 radical (unpaired) electrons. The molecule has 0 aromatic rings. The van der Waals surface area contributed by atoms with Crippen LogP contribution in [-0.4, -0.2) is 23.4 Å². The molecule has 0 saturated heterocycles. The topological polar surface area (TPSA) is 37.3 Å². The van der Waals surface area contributed by atoms with Crippen molar-refractivity contribution in [1.82, 2.24) is 0 Å². The highest BCUT2D eigenvalue weighted by molar-refractivity contribution is 7.80. The quantitative estimate of drug-likeness (QED) is 0.446. The number of aliphatic hydroxyl groups is 1. The lowest BCUT2D eigenvalue weighted by atomic mass is 11.0. The summed E-state index contributed by atoms with van der Waals surface area (Å²) in [5.74, 6) is 0.593. The second-order valence-electron chi connectivity index (χ2n) is 1.07. The standard InChI is InChI=1S/C3H7O2PS/c4-3-6(5)1-2-7/h4H,1-3H2/p+1. The Bertz CT molecular complexity index is 66.0. The van der Waals surface area contributed by atoms with E-state index >= 15 is 0 Å². The van der Waals surface area contributed by atoms with Crippen molar-refractivity contribution in [3.05, 3.63) is 0 Å². The predicted molar refractivity (Wildman–Crippen MR) is 33.4 cm³/mol. The van der Waals surface area contributed by atoms with Gasteiger partial charge in [0.25, 0.3) is 0 Å². The molecule has 0 aliphatic rings. The Hall–Kier alpha value is 0.410. The summed E-state index contributed by atoms with van der Waals surface area (Å²) in [5, 5.41) is 8.15. The summed E-state index contributed by atoms with van der Waals surface area (Å²) in [6, 6.07) is 0. The fourth-order valence-electron chi connectivity index (χ4n) is 0.182. The Morgan fingerprint density at radius 1 is 1.71 bits per heavy atom. The summed E-state index contributed by atoms with van der Waals surface area (Å²) in [7, 11) is -1.35. The largest absolute Gasteiger partial charge is 0.367 e. The van der Waals surface area contributed by atoms with Crippen molar-refractivity contribution >= 4 is 20.4 Å². The van der Waals surface area contributed by atoms with Crippen LogP contribution in [0.25, 0.3) is 0 Å². The van der Waals surface area contributed by atoms with Crippen LogP contribution in [0.3, 0.4) is 0 Å². The molecule has 0 amide bonds. The molecule has 1 unspecified atom stereocenters. The van der Waals surface area contributed by atoms with Crippen LogP contribution in [0.2, 0.25) is 0 Å². The molecule has 0 heterocycles. The molecule has 0 aromatic heterocycles. The monoisotopic (exact) mass is 139 g/mol. The minimum absolute atomic E-state index is 0.199. The average Bonchev–Trinajstić information content (AvgIpc) is 1.68. The summed E-state index contributed by atoms with van der Waals surface area (Å²) < 4.78 is 10.3. The summed E-state index contributed by atoms with van der Waals surface area (Å²) in [6.07, 6.45) is 0.324. The lowest BCUT2D eigenvalue weighted by Gasteiger charge is -1.73. The van der Waals surface area contributed by atoms with Gasteiger partial charge >= 0.3 is 7.80 Å². The molecule has 4 heteroatoms. The van der Waals surface area contributed by atoms with E-state index in [-0.39, 0.29) is 6.35 Å². The molecular formula is C3H8O2PS+. The molecule has 1 N–H and O–H groups in total. The van der Waals surface area contributed by atoms with Gasteiger partial charge in [0.05, 0.1) is 0 Å². The molecule has 0 bridgehead atoms. The first-order chi connectivity index (χ1) is 3.31. The minimum Gasteiger partial charge on any atom is -0.353 e. The van der Waals surface area contributed by atoms with Crippen LogP contribution < -0.4 is 0 Å². The van der Waals surface area contributed by atoms with Crippen molar-refractivity contribution in [2.24, 2.45) is 0 Å². The van der Waals surface area contributed by atoms with E-state index in [2.05, 4.69) is 12.6 Å². The molecule has 0 aromatic carbocycles. The molecular weight excluding hydrogens is 131 g/mol. The Balaban J connectivity index is 3.00. The second-order valence-corrected chi connectivity index (χ2v) is 3.21. The Labute approximate surface area is 49.1 Å². The fraction of sp³-hybridized carbons (Fsp3) is 1.00. The van der Waals surface area contributed by atoms with Crippen LogP contribution in [0, 0.1) is 0 Å². The lowest BCUT2D eigenvalue weighted by molar-refractivity contribution is 0.363. The lowest BCUT2D eigenvalue weighted by Crippen LogP contribution is -1.80. The summed E-state index contributed by atoms with van der Waals surface area (Å²) in [6.45, 7) is 0. The maximum absolute atomic E-state index is 10.3. The first-order valence-corrected chi connectivity index (χ1v) is 4.21. The van der Waals surface area contributed by atoms with Gasteiger partial charge in [-0.2, -0.15) is 12.6 Å². The maximum Gasteiger partial charge on any atom is 0.367 e. The molecule has 0 saturated carbocycles. The molecule has 0 fully saturated rings. The van der Waals surface area contributed by atoms with E-state index in [0.717, 1.165) is 0 Å². The third-order valence-electron chi connectivity index (χ3n) is 0.507. The maximum atomic E-state index is 10.3. The predicted octanol–water partition coefficient (Wildman–Crippen LogP) is 0.693. The SMILES string of the molecule is O=[P+](CO)CCS. The number of aliphatic hydroxyl groups excluding tert-OH is 1. The summed E-state index contributed by atoms with van der Waals surface area (Å²) in [4.78, 5) is 0. The second kappa shape index (κ2) is 4.57. The van der Waals surface area contributed by atoms with Crippen molar-refractivity contribution in [3.63, 3.8) is 0 Å². The zero-order valence-corrected chi connectivity index (χ0v) is 5.66.